The van der Waals surface area contributed by atoms with Crippen molar-refractivity contribution in [1.29, 1.82) is 0 Å². The number of carbonyl (C=O) groups excluding carboxylic acids is 1. The maximum Gasteiger partial charge on any atom is 0.243 e. The van der Waals surface area contributed by atoms with Crippen LogP contribution in [0.3, 0.4) is 0 Å². The lowest BCUT2D eigenvalue weighted by Gasteiger charge is -2.16. The van der Waals surface area contributed by atoms with E-state index in [0.717, 1.165) is 22.6 Å². The van der Waals surface area contributed by atoms with Crippen LogP contribution in [-0.4, -0.2) is 22.1 Å². The Hall–Kier alpha value is -3.08. The molecule has 3 aromatic rings. The quantitative estimate of drug-likeness (QED) is 0.660. The van der Waals surface area contributed by atoms with E-state index in [1.807, 2.05) is 62.4 Å². The highest BCUT2D eigenvalue weighted by Gasteiger charge is 2.17. The van der Waals surface area contributed by atoms with Gasteiger partial charge < -0.3 is 14.6 Å². The normalized spacial score (nSPS) is 11.9. The van der Waals surface area contributed by atoms with Crippen LogP contribution in [0.25, 0.3) is 11.0 Å². The maximum atomic E-state index is 11.7. The average Bonchev–Trinajstić information content (AvgIpc) is 3.02. The first kappa shape index (κ1) is 17.7. The monoisotopic (exact) mass is 349 g/mol. The van der Waals surface area contributed by atoms with Crippen LogP contribution in [0.4, 0.5) is 0 Å². The second kappa shape index (κ2) is 7.87. The first-order valence-corrected chi connectivity index (χ1v) is 8.66. The number of hydrogen-bond acceptors (Lipinski definition) is 3. The summed E-state index contributed by atoms with van der Waals surface area (Å²) in [6.45, 7) is 8.62. The van der Waals surface area contributed by atoms with Crippen molar-refractivity contribution in [2.75, 3.05) is 6.61 Å². The van der Waals surface area contributed by atoms with Crippen molar-refractivity contribution in [3.63, 3.8) is 0 Å². The molecular formula is C21H23N3O2. The summed E-state index contributed by atoms with van der Waals surface area (Å²) < 4.78 is 7.96. The van der Waals surface area contributed by atoms with Crippen LogP contribution in [0.2, 0.25) is 0 Å². The van der Waals surface area contributed by atoms with Gasteiger partial charge in [-0.1, -0.05) is 36.4 Å². The van der Waals surface area contributed by atoms with E-state index in [2.05, 4.69) is 16.5 Å². The third kappa shape index (κ3) is 3.94. The topological polar surface area (TPSA) is 56.2 Å². The molecule has 1 heterocycles. The van der Waals surface area contributed by atoms with Crippen LogP contribution in [0.15, 0.2) is 61.2 Å². The van der Waals surface area contributed by atoms with Gasteiger partial charge in [0.1, 0.15) is 18.2 Å². The highest BCUT2D eigenvalue weighted by molar-refractivity contribution is 5.87. The molecule has 0 saturated heterocycles. The van der Waals surface area contributed by atoms with Crippen molar-refractivity contribution in [2.45, 2.75) is 26.4 Å². The van der Waals surface area contributed by atoms with Crippen molar-refractivity contribution in [2.24, 2.45) is 0 Å². The molecule has 1 amide bonds. The number of para-hydroxylation sites is 2. The fourth-order valence-corrected chi connectivity index (χ4v) is 2.89. The minimum Gasteiger partial charge on any atom is -0.492 e. The Morgan fingerprint density at radius 3 is 2.73 bits per heavy atom. The zero-order valence-electron chi connectivity index (χ0n) is 15.1. The average molecular weight is 349 g/mol. The predicted molar refractivity (Wildman–Crippen MR) is 103 cm³/mol. The summed E-state index contributed by atoms with van der Waals surface area (Å²) in [5, 5.41) is 2.88. The summed E-state index contributed by atoms with van der Waals surface area (Å²) in [4.78, 5) is 16.4. The lowest BCUT2D eigenvalue weighted by molar-refractivity contribution is -0.117. The van der Waals surface area contributed by atoms with Gasteiger partial charge >= 0.3 is 0 Å². The van der Waals surface area contributed by atoms with Crippen molar-refractivity contribution < 1.29 is 9.53 Å². The van der Waals surface area contributed by atoms with Gasteiger partial charge in [0.25, 0.3) is 0 Å². The molecule has 2 aromatic carbocycles. The first-order chi connectivity index (χ1) is 12.6. The van der Waals surface area contributed by atoms with E-state index in [9.17, 15) is 4.79 Å². The number of aromatic nitrogens is 2. The van der Waals surface area contributed by atoms with Crippen LogP contribution in [0.5, 0.6) is 5.75 Å². The Morgan fingerprint density at radius 2 is 2.00 bits per heavy atom. The van der Waals surface area contributed by atoms with Gasteiger partial charge in [-0.25, -0.2) is 4.98 Å². The van der Waals surface area contributed by atoms with Gasteiger partial charge in [-0.2, -0.15) is 0 Å². The highest BCUT2D eigenvalue weighted by Crippen LogP contribution is 2.21. The minimum absolute atomic E-state index is 0.216. The van der Waals surface area contributed by atoms with Crippen LogP contribution >= 0.6 is 0 Å². The highest BCUT2D eigenvalue weighted by atomic mass is 16.5. The molecule has 0 aliphatic heterocycles. The fraction of sp³-hybridized carbons (Fsp3) is 0.238. The van der Waals surface area contributed by atoms with Crippen LogP contribution in [0, 0.1) is 6.92 Å². The third-order valence-electron chi connectivity index (χ3n) is 4.22. The SMILES string of the molecule is C=CC(=O)NC(C)c1nc2ccccc2n1CCOc1ccc(C)cc1. The standard InChI is InChI=1S/C21H23N3O2/c1-4-20(25)22-16(3)21-23-18-7-5-6-8-19(18)24(21)13-14-26-17-11-9-15(2)10-12-17/h4-12,16H,1,13-14H2,2-3H3,(H,22,25). The van der Waals surface area contributed by atoms with Crippen LogP contribution in [-0.2, 0) is 11.3 Å². The van der Waals surface area contributed by atoms with Gasteiger partial charge in [0, 0.05) is 0 Å². The lowest BCUT2D eigenvalue weighted by atomic mass is 10.2. The number of ether oxygens (including phenoxy) is 1. The smallest absolute Gasteiger partial charge is 0.243 e. The molecule has 0 radical (unpaired) electrons. The summed E-state index contributed by atoms with van der Waals surface area (Å²) in [7, 11) is 0. The molecule has 1 N–H and O–H groups in total. The first-order valence-electron chi connectivity index (χ1n) is 8.66. The molecule has 0 spiro atoms. The van der Waals surface area contributed by atoms with Crippen LogP contribution < -0.4 is 10.1 Å². The number of rotatable bonds is 7. The van der Waals surface area contributed by atoms with Gasteiger partial charge in [-0.3, -0.25) is 4.79 Å². The fourth-order valence-electron chi connectivity index (χ4n) is 2.89. The zero-order chi connectivity index (χ0) is 18.5. The molecule has 3 rings (SSSR count). The van der Waals surface area contributed by atoms with E-state index in [4.69, 9.17) is 9.72 Å². The number of amides is 1. The molecule has 0 saturated carbocycles. The molecule has 0 aliphatic rings. The van der Waals surface area contributed by atoms with E-state index < -0.39 is 0 Å². The molecule has 5 heteroatoms. The zero-order valence-corrected chi connectivity index (χ0v) is 15.1. The number of nitrogens with one attached hydrogen (secondary N) is 1. The largest absolute Gasteiger partial charge is 0.492 e. The molecule has 26 heavy (non-hydrogen) atoms. The van der Waals surface area contributed by atoms with E-state index in [1.165, 1.54) is 11.6 Å². The van der Waals surface area contributed by atoms with E-state index in [0.29, 0.717) is 13.2 Å². The van der Waals surface area contributed by atoms with Crippen molar-refractivity contribution in [1.82, 2.24) is 14.9 Å². The Labute approximate surface area is 153 Å². The predicted octanol–water partition coefficient (Wildman–Crippen LogP) is 3.79. The number of imidazole rings is 1. The summed E-state index contributed by atoms with van der Waals surface area (Å²) in [6.07, 6.45) is 1.27. The Balaban J connectivity index is 1.80. The summed E-state index contributed by atoms with van der Waals surface area (Å²) in [5.74, 6) is 1.43. The second-order valence-corrected chi connectivity index (χ2v) is 6.21. The van der Waals surface area contributed by atoms with E-state index in [1.54, 1.807) is 0 Å². The molecule has 0 aliphatic carbocycles. The molecule has 0 bridgehead atoms. The van der Waals surface area contributed by atoms with Gasteiger partial charge in [0.2, 0.25) is 5.91 Å². The summed E-state index contributed by atoms with van der Waals surface area (Å²) in [5.41, 5.74) is 3.12. The number of carbonyl (C=O) groups is 1. The van der Waals surface area contributed by atoms with E-state index in [-0.39, 0.29) is 11.9 Å². The number of aryl methyl sites for hydroxylation is 1. The minimum atomic E-state index is -0.229. The van der Waals surface area contributed by atoms with Gasteiger partial charge in [0.15, 0.2) is 0 Å². The number of benzene rings is 2. The van der Waals surface area contributed by atoms with Crippen molar-refractivity contribution in [3.8, 4) is 5.75 Å². The summed E-state index contributed by atoms with van der Waals surface area (Å²) in [6, 6.07) is 15.7. The molecule has 5 nitrogen and oxygen atoms in total. The van der Waals surface area contributed by atoms with Crippen LogP contribution in [0.1, 0.15) is 24.4 Å². The Kier molecular flexibility index (Phi) is 5.37. The van der Waals surface area contributed by atoms with Gasteiger partial charge in [-0.15, -0.1) is 0 Å². The third-order valence-corrected chi connectivity index (χ3v) is 4.22. The lowest BCUT2D eigenvalue weighted by Crippen LogP contribution is -2.27. The summed E-state index contributed by atoms with van der Waals surface area (Å²) >= 11 is 0. The van der Waals surface area contributed by atoms with Gasteiger partial charge in [0.05, 0.1) is 23.6 Å². The number of fused-ring (bicyclic) bond motifs is 1. The van der Waals surface area contributed by atoms with E-state index >= 15 is 0 Å². The maximum absolute atomic E-state index is 11.7. The molecule has 134 valence electrons. The van der Waals surface area contributed by atoms with Gasteiger partial charge in [-0.05, 0) is 44.2 Å². The Morgan fingerprint density at radius 1 is 1.27 bits per heavy atom. The molecular weight excluding hydrogens is 326 g/mol. The molecule has 0 fully saturated rings. The van der Waals surface area contributed by atoms with Crippen molar-refractivity contribution in [3.05, 3.63) is 72.6 Å². The molecule has 1 unspecified atom stereocenters. The number of nitrogens with zero attached hydrogens (tertiary/aromatic N) is 2. The van der Waals surface area contributed by atoms with Crippen molar-refractivity contribution >= 4 is 16.9 Å². The Bertz CT molecular complexity index is 913. The second-order valence-electron chi connectivity index (χ2n) is 6.21. The molecule has 1 aromatic heterocycles. The number of hydrogen-bond donors (Lipinski definition) is 1. The molecule has 1 atom stereocenters.